The van der Waals surface area contributed by atoms with Gasteiger partial charge in [0, 0.05) is 34.4 Å². The Balaban J connectivity index is 1.86. The summed E-state index contributed by atoms with van der Waals surface area (Å²) in [4.78, 5) is 5.21. The second-order valence-electron chi connectivity index (χ2n) is 7.14. The molecule has 0 saturated carbocycles. The fourth-order valence-corrected chi connectivity index (χ4v) is 4.67. The minimum absolute atomic E-state index is 0.245. The molecule has 0 aliphatic carbocycles. The van der Waals surface area contributed by atoms with Crippen LogP contribution in [0.1, 0.15) is 12.6 Å². The summed E-state index contributed by atoms with van der Waals surface area (Å²) in [5.41, 5.74) is 2.60. The van der Waals surface area contributed by atoms with Crippen molar-refractivity contribution >= 4 is 38.6 Å². The Labute approximate surface area is 178 Å². The smallest absolute Gasteiger partial charge is 0.229 e. The fourth-order valence-electron chi connectivity index (χ4n) is 2.82. The minimum Gasteiger partial charge on any atom is -0.393 e. The van der Waals surface area contributed by atoms with Crippen molar-refractivity contribution in [1.82, 2.24) is 4.98 Å². The summed E-state index contributed by atoms with van der Waals surface area (Å²) in [6.45, 7) is 1.22. The third-order valence-electron chi connectivity index (χ3n) is 4.19. The molecule has 6 nitrogen and oxygen atoms in total. The molecule has 3 rings (SSSR count). The molecule has 0 aliphatic rings. The van der Waals surface area contributed by atoms with E-state index in [9.17, 15) is 18.6 Å². The molecule has 3 N–H and O–H groups in total. The van der Waals surface area contributed by atoms with Crippen molar-refractivity contribution in [2.24, 2.45) is 0 Å². The van der Waals surface area contributed by atoms with E-state index in [4.69, 9.17) is 11.6 Å². The van der Waals surface area contributed by atoms with Gasteiger partial charge in [-0.25, -0.2) is 8.42 Å². The Morgan fingerprint density at radius 1 is 1.21 bits per heavy atom. The molecule has 0 saturated heterocycles. The van der Waals surface area contributed by atoms with Crippen molar-refractivity contribution in [3.63, 3.8) is 0 Å². The number of pyridine rings is 1. The lowest BCUT2D eigenvalue weighted by atomic mass is 9.99. The molecule has 1 unspecified atom stereocenters. The SMILES string of the molecule is CC(O)(CO)Cc1cc(-c2csc(-c3ccc(NS(C)(=O)=O)cc3Cl)c2)ccn1. The first kappa shape index (κ1) is 21.7. The van der Waals surface area contributed by atoms with Crippen LogP contribution < -0.4 is 4.72 Å². The van der Waals surface area contributed by atoms with Gasteiger partial charge in [-0.05, 0) is 59.8 Å². The van der Waals surface area contributed by atoms with Crippen molar-refractivity contribution in [3.05, 3.63) is 58.7 Å². The minimum atomic E-state index is -3.37. The van der Waals surface area contributed by atoms with Gasteiger partial charge >= 0.3 is 0 Å². The molecule has 1 atom stereocenters. The standard InChI is InChI=1S/C20H21ClN2O4S2/c1-20(25,12-24)10-16-7-13(5-6-22-16)14-8-19(28-11-14)17-4-3-15(9-18(17)21)23-29(2,26)27/h3-9,11,23-25H,10,12H2,1-2H3. The van der Waals surface area contributed by atoms with Crippen LogP contribution in [0.15, 0.2) is 48.0 Å². The number of thiophene rings is 1. The highest BCUT2D eigenvalue weighted by Crippen LogP contribution is 2.37. The van der Waals surface area contributed by atoms with Gasteiger partial charge in [-0.2, -0.15) is 0 Å². The molecular formula is C20H21ClN2O4S2. The highest BCUT2D eigenvalue weighted by Gasteiger charge is 2.20. The third-order valence-corrected chi connectivity index (χ3v) is 6.07. The molecule has 0 aliphatic heterocycles. The number of hydrogen-bond acceptors (Lipinski definition) is 6. The van der Waals surface area contributed by atoms with Crippen LogP contribution in [-0.2, 0) is 16.4 Å². The van der Waals surface area contributed by atoms with Crippen LogP contribution in [0, 0.1) is 0 Å². The number of benzene rings is 1. The summed E-state index contributed by atoms with van der Waals surface area (Å²) < 4.78 is 25.2. The topological polar surface area (TPSA) is 99.5 Å². The number of anilines is 1. The second-order valence-corrected chi connectivity index (χ2v) is 10.2. The average molecular weight is 453 g/mol. The summed E-state index contributed by atoms with van der Waals surface area (Å²) in [7, 11) is -3.37. The summed E-state index contributed by atoms with van der Waals surface area (Å²) in [5.74, 6) is 0. The van der Waals surface area contributed by atoms with Crippen LogP contribution in [0.4, 0.5) is 5.69 Å². The molecule has 0 bridgehead atoms. The van der Waals surface area contributed by atoms with Gasteiger partial charge < -0.3 is 10.2 Å². The Morgan fingerprint density at radius 2 is 1.97 bits per heavy atom. The molecular weight excluding hydrogens is 432 g/mol. The number of aliphatic hydroxyl groups is 2. The van der Waals surface area contributed by atoms with Gasteiger partial charge in [-0.1, -0.05) is 11.6 Å². The lowest BCUT2D eigenvalue weighted by Crippen LogP contribution is -2.31. The Morgan fingerprint density at radius 3 is 2.62 bits per heavy atom. The van der Waals surface area contributed by atoms with E-state index in [2.05, 4.69) is 9.71 Å². The number of rotatable bonds is 7. The van der Waals surface area contributed by atoms with E-state index >= 15 is 0 Å². The van der Waals surface area contributed by atoms with Gasteiger partial charge in [0.2, 0.25) is 10.0 Å². The number of aliphatic hydroxyl groups excluding tert-OH is 1. The largest absolute Gasteiger partial charge is 0.393 e. The van der Waals surface area contributed by atoms with Crippen LogP contribution >= 0.6 is 22.9 Å². The lowest BCUT2D eigenvalue weighted by Gasteiger charge is -2.19. The number of hydrogen-bond donors (Lipinski definition) is 3. The van der Waals surface area contributed by atoms with Crippen LogP contribution in [0.25, 0.3) is 21.6 Å². The molecule has 2 aromatic heterocycles. The Hall–Kier alpha value is -1.97. The molecule has 29 heavy (non-hydrogen) atoms. The highest BCUT2D eigenvalue weighted by molar-refractivity contribution is 7.92. The highest BCUT2D eigenvalue weighted by atomic mass is 35.5. The number of sulfonamides is 1. The molecule has 0 amide bonds. The first-order valence-corrected chi connectivity index (χ1v) is 11.9. The van der Waals surface area contributed by atoms with Gasteiger partial charge in [-0.15, -0.1) is 11.3 Å². The van der Waals surface area contributed by atoms with Crippen LogP contribution in [0.2, 0.25) is 5.02 Å². The number of nitrogens with zero attached hydrogens (tertiary/aromatic N) is 1. The summed E-state index contributed by atoms with van der Waals surface area (Å²) >= 11 is 7.89. The van der Waals surface area contributed by atoms with Crippen molar-refractivity contribution in [1.29, 1.82) is 0 Å². The van der Waals surface area contributed by atoms with E-state index < -0.39 is 15.6 Å². The van der Waals surface area contributed by atoms with Gasteiger partial charge in [0.1, 0.15) is 0 Å². The second kappa shape index (κ2) is 8.41. The first-order valence-electron chi connectivity index (χ1n) is 8.71. The zero-order chi connectivity index (χ0) is 21.2. The predicted octanol–water partition coefficient (Wildman–Crippen LogP) is 3.79. The third kappa shape index (κ3) is 5.77. The zero-order valence-corrected chi connectivity index (χ0v) is 18.3. The predicted molar refractivity (Wildman–Crippen MR) is 118 cm³/mol. The summed E-state index contributed by atoms with van der Waals surface area (Å²) in [6.07, 6.45) is 3.01. The first-order chi connectivity index (χ1) is 13.6. The van der Waals surface area contributed by atoms with Gasteiger partial charge in [0.05, 0.1) is 23.5 Å². The van der Waals surface area contributed by atoms with Crippen molar-refractivity contribution in [3.8, 4) is 21.6 Å². The molecule has 0 radical (unpaired) electrons. The van der Waals surface area contributed by atoms with Crippen LogP contribution in [0.3, 0.4) is 0 Å². The quantitative estimate of drug-likeness (QED) is 0.506. The van der Waals surface area contributed by atoms with Gasteiger partial charge in [-0.3, -0.25) is 9.71 Å². The van der Waals surface area contributed by atoms with Crippen LogP contribution in [-0.4, -0.2) is 42.1 Å². The number of halogens is 1. The average Bonchev–Trinajstić information content (AvgIpc) is 3.10. The maximum absolute atomic E-state index is 11.4. The molecule has 0 spiro atoms. The lowest BCUT2D eigenvalue weighted by molar-refractivity contribution is 0.00160. The zero-order valence-electron chi connectivity index (χ0n) is 15.9. The normalized spacial score (nSPS) is 13.8. The maximum Gasteiger partial charge on any atom is 0.229 e. The van der Waals surface area contributed by atoms with E-state index in [-0.39, 0.29) is 13.0 Å². The van der Waals surface area contributed by atoms with E-state index in [1.807, 2.05) is 23.6 Å². The molecule has 3 aromatic rings. The Kier molecular flexibility index (Phi) is 6.30. The summed E-state index contributed by atoms with van der Waals surface area (Å²) in [6, 6.07) is 10.8. The molecule has 154 valence electrons. The molecule has 0 fully saturated rings. The van der Waals surface area contributed by atoms with Gasteiger partial charge in [0.15, 0.2) is 0 Å². The van der Waals surface area contributed by atoms with Crippen molar-refractivity contribution < 1.29 is 18.6 Å². The summed E-state index contributed by atoms with van der Waals surface area (Å²) in [5, 5.41) is 21.8. The van der Waals surface area contributed by atoms with E-state index in [0.29, 0.717) is 16.4 Å². The maximum atomic E-state index is 11.4. The molecule has 1 aromatic carbocycles. The van der Waals surface area contributed by atoms with Gasteiger partial charge in [0.25, 0.3) is 0 Å². The van der Waals surface area contributed by atoms with E-state index in [1.54, 1.807) is 31.3 Å². The Bertz CT molecular complexity index is 1130. The molecule has 2 heterocycles. The van der Waals surface area contributed by atoms with Crippen molar-refractivity contribution in [2.75, 3.05) is 17.6 Å². The van der Waals surface area contributed by atoms with E-state index in [1.165, 1.54) is 11.3 Å². The van der Waals surface area contributed by atoms with E-state index in [0.717, 1.165) is 27.8 Å². The number of nitrogens with one attached hydrogen (secondary N) is 1. The molecule has 9 heteroatoms. The fraction of sp³-hybridized carbons (Fsp3) is 0.250. The van der Waals surface area contributed by atoms with Crippen molar-refractivity contribution in [2.45, 2.75) is 18.9 Å². The van der Waals surface area contributed by atoms with Crippen LogP contribution in [0.5, 0.6) is 0 Å². The monoisotopic (exact) mass is 452 g/mol. The number of aromatic nitrogens is 1.